The maximum absolute atomic E-state index is 12.6. The van der Waals surface area contributed by atoms with E-state index < -0.39 is 33.1 Å². The first kappa shape index (κ1) is 20.4. The van der Waals surface area contributed by atoms with E-state index in [2.05, 4.69) is 4.72 Å². The fourth-order valence-corrected chi connectivity index (χ4v) is 3.31. The number of rotatable bonds is 5. The Balaban J connectivity index is 3.10. The van der Waals surface area contributed by atoms with Gasteiger partial charge in [0, 0.05) is 0 Å². The van der Waals surface area contributed by atoms with Gasteiger partial charge in [-0.15, -0.1) is 0 Å². The lowest BCUT2D eigenvalue weighted by molar-refractivity contribution is -0.159. The van der Waals surface area contributed by atoms with Crippen LogP contribution >= 0.6 is 0 Å². The Bertz CT molecular complexity index is 666. The normalized spacial score (nSPS) is 14.1. The molecule has 6 nitrogen and oxygen atoms in total. The van der Waals surface area contributed by atoms with E-state index in [0.29, 0.717) is 5.75 Å². The van der Waals surface area contributed by atoms with Crippen LogP contribution in [0, 0.1) is 5.41 Å². The minimum atomic E-state index is -3.87. The summed E-state index contributed by atoms with van der Waals surface area (Å²) < 4.78 is 38.0. The van der Waals surface area contributed by atoms with Crippen molar-refractivity contribution in [2.75, 3.05) is 7.11 Å². The lowest BCUT2D eigenvalue weighted by atomic mass is 9.87. The van der Waals surface area contributed by atoms with E-state index in [1.807, 2.05) is 0 Å². The van der Waals surface area contributed by atoms with Crippen LogP contribution in [0.15, 0.2) is 29.2 Å². The molecule has 1 unspecified atom stereocenters. The van der Waals surface area contributed by atoms with Crippen molar-refractivity contribution in [1.82, 2.24) is 4.72 Å². The van der Waals surface area contributed by atoms with E-state index >= 15 is 0 Å². The molecule has 1 aromatic carbocycles. The fourth-order valence-electron chi connectivity index (χ4n) is 1.92. The quantitative estimate of drug-likeness (QED) is 0.820. The number of nitrogens with one attached hydrogen (secondary N) is 1. The van der Waals surface area contributed by atoms with E-state index in [9.17, 15) is 13.2 Å². The zero-order chi connectivity index (χ0) is 18.8. The topological polar surface area (TPSA) is 81.7 Å². The molecule has 0 aliphatic heterocycles. The lowest BCUT2D eigenvalue weighted by Crippen LogP contribution is -2.51. The Hall–Kier alpha value is -1.60. The maximum Gasteiger partial charge on any atom is 0.325 e. The highest BCUT2D eigenvalue weighted by Gasteiger charge is 2.38. The summed E-state index contributed by atoms with van der Waals surface area (Å²) in [6.45, 7) is 10.5. The van der Waals surface area contributed by atoms with Crippen LogP contribution in [0.25, 0.3) is 0 Å². The van der Waals surface area contributed by atoms with Gasteiger partial charge in [0.1, 0.15) is 17.4 Å². The number of ether oxygens (including phenoxy) is 2. The molecular formula is C17H27NO5S. The molecule has 1 atom stereocenters. The number of carbonyl (C=O) groups is 1. The smallest absolute Gasteiger partial charge is 0.325 e. The van der Waals surface area contributed by atoms with Gasteiger partial charge in [0.15, 0.2) is 0 Å². The van der Waals surface area contributed by atoms with Gasteiger partial charge in [0.2, 0.25) is 10.0 Å². The summed E-state index contributed by atoms with van der Waals surface area (Å²) in [7, 11) is -2.37. The van der Waals surface area contributed by atoms with Crippen LogP contribution in [0.5, 0.6) is 5.75 Å². The Morgan fingerprint density at radius 3 is 1.92 bits per heavy atom. The summed E-state index contributed by atoms with van der Waals surface area (Å²) in [5, 5.41) is 0. The van der Waals surface area contributed by atoms with Gasteiger partial charge in [0.25, 0.3) is 0 Å². The Morgan fingerprint density at radius 1 is 1.04 bits per heavy atom. The largest absolute Gasteiger partial charge is 0.497 e. The molecule has 0 amide bonds. The van der Waals surface area contributed by atoms with E-state index in [0.717, 1.165) is 0 Å². The van der Waals surface area contributed by atoms with Gasteiger partial charge >= 0.3 is 5.97 Å². The summed E-state index contributed by atoms with van der Waals surface area (Å²) >= 11 is 0. The number of esters is 1. The van der Waals surface area contributed by atoms with Crippen LogP contribution in [0.1, 0.15) is 41.5 Å². The van der Waals surface area contributed by atoms with Gasteiger partial charge in [0.05, 0.1) is 12.0 Å². The number of carbonyl (C=O) groups excluding carboxylic acids is 1. The molecule has 0 aliphatic carbocycles. The number of hydrogen-bond acceptors (Lipinski definition) is 5. The van der Waals surface area contributed by atoms with Crippen LogP contribution in [0.2, 0.25) is 0 Å². The van der Waals surface area contributed by atoms with Crippen molar-refractivity contribution in [3.63, 3.8) is 0 Å². The average Bonchev–Trinajstić information content (AvgIpc) is 2.42. The lowest BCUT2D eigenvalue weighted by Gasteiger charge is -2.32. The number of methoxy groups -OCH3 is 1. The highest BCUT2D eigenvalue weighted by molar-refractivity contribution is 7.89. The minimum Gasteiger partial charge on any atom is -0.497 e. The van der Waals surface area contributed by atoms with Gasteiger partial charge in [-0.25, -0.2) is 8.42 Å². The van der Waals surface area contributed by atoms with E-state index in [-0.39, 0.29) is 4.90 Å². The van der Waals surface area contributed by atoms with Crippen LogP contribution in [-0.4, -0.2) is 33.1 Å². The summed E-state index contributed by atoms with van der Waals surface area (Å²) in [6.07, 6.45) is 0. The second kappa shape index (κ2) is 7.11. The van der Waals surface area contributed by atoms with E-state index in [1.165, 1.54) is 19.2 Å². The number of hydrogen-bond donors (Lipinski definition) is 1. The highest BCUT2D eigenvalue weighted by Crippen LogP contribution is 2.25. The zero-order valence-electron chi connectivity index (χ0n) is 15.3. The molecule has 1 aromatic rings. The molecule has 0 saturated heterocycles. The standard InChI is InChI=1S/C17H27NO5S/c1-16(2,3)14(15(19)23-17(4,5)6)18-24(20,21)13-10-8-12(22-7)9-11-13/h8-11,14,18H,1-7H3. The van der Waals surface area contributed by atoms with Crippen LogP contribution in [0.3, 0.4) is 0 Å². The first-order chi connectivity index (χ1) is 10.8. The third kappa shape index (κ3) is 5.79. The second-order valence-corrected chi connectivity index (χ2v) is 9.34. The van der Waals surface area contributed by atoms with E-state index in [4.69, 9.17) is 9.47 Å². The van der Waals surface area contributed by atoms with Gasteiger partial charge < -0.3 is 9.47 Å². The molecule has 1 N–H and O–H groups in total. The summed E-state index contributed by atoms with van der Waals surface area (Å²) in [4.78, 5) is 12.5. The van der Waals surface area contributed by atoms with E-state index in [1.54, 1.807) is 53.7 Å². The molecule has 0 heterocycles. The summed E-state index contributed by atoms with van der Waals surface area (Å²) in [5.74, 6) is -0.0550. The molecular weight excluding hydrogens is 330 g/mol. The third-order valence-electron chi connectivity index (χ3n) is 3.15. The zero-order valence-corrected chi connectivity index (χ0v) is 16.2. The van der Waals surface area contributed by atoms with Crippen molar-refractivity contribution in [2.24, 2.45) is 5.41 Å². The van der Waals surface area contributed by atoms with Crippen LogP contribution < -0.4 is 9.46 Å². The Kier molecular flexibility index (Phi) is 6.05. The molecule has 0 spiro atoms. The minimum absolute atomic E-state index is 0.0566. The molecule has 0 radical (unpaired) electrons. The monoisotopic (exact) mass is 357 g/mol. The number of benzene rings is 1. The Labute approximate surface area is 144 Å². The molecule has 1 rings (SSSR count). The van der Waals surface area contributed by atoms with Crippen LogP contribution in [-0.2, 0) is 19.6 Å². The first-order valence-electron chi connectivity index (χ1n) is 7.65. The van der Waals surface area contributed by atoms with Crippen molar-refractivity contribution in [3.8, 4) is 5.75 Å². The molecule has 0 aromatic heterocycles. The molecule has 7 heteroatoms. The molecule has 0 saturated carbocycles. The molecule has 0 fully saturated rings. The van der Waals surface area contributed by atoms with Crippen LogP contribution in [0.4, 0.5) is 0 Å². The van der Waals surface area contributed by atoms with Gasteiger partial charge in [-0.1, -0.05) is 20.8 Å². The van der Waals surface area contributed by atoms with Gasteiger partial charge in [-0.05, 0) is 50.5 Å². The third-order valence-corrected chi connectivity index (χ3v) is 4.59. The second-order valence-electron chi connectivity index (χ2n) is 7.63. The number of sulfonamides is 1. The summed E-state index contributed by atoms with van der Waals surface area (Å²) in [6, 6.07) is 4.94. The van der Waals surface area contributed by atoms with Crippen molar-refractivity contribution < 1.29 is 22.7 Å². The average molecular weight is 357 g/mol. The fraction of sp³-hybridized carbons (Fsp3) is 0.588. The SMILES string of the molecule is COc1ccc(S(=O)(=O)NC(C(=O)OC(C)(C)C)C(C)(C)C)cc1. The van der Waals surface area contributed by atoms with Crippen molar-refractivity contribution in [1.29, 1.82) is 0 Å². The van der Waals surface area contributed by atoms with Crippen molar-refractivity contribution in [2.45, 2.75) is 58.1 Å². The maximum atomic E-state index is 12.6. The molecule has 0 aliphatic rings. The predicted octanol–water partition coefficient (Wildman–Crippen LogP) is 2.73. The highest BCUT2D eigenvalue weighted by atomic mass is 32.2. The van der Waals surface area contributed by atoms with Gasteiger partial charge in [-0.2, -0.15) is 4.72 Å². The Morgan fingerprint density at radius 2 is 1.54 bits per heavy atom. The predicted molar refractivity (Wildman–Crippen MR) is 92.4 cm³/mol. The van der Waals surface area contributed by atoms with Gasteiger partial charge in [-0.3, -0.25) is 4.79 Å². The first-order valence-corrected chi connectivity index (χ1v) is 9.14. The van der Waals surface area contributed by atoms with Crippen molar-refractivity contribution in [3.05, 3.63) is 24.3 Å². The molecule has 24 heavy (non-hydrogen) atoms. The summed E-state index contributed by atoms with van der Waals surface area (Å²) in [5.41, 5.74) is -1.35. The van der Waals surface area contributed by atoms with Crippen molar-refractivity contribution >= 4 is 16.0 Å². The molecule has 0 bridgehead atoms. The molecule has 136 valence electrons.